The molecule has 0 aliphatic rings. The second-order valence-corrected chi connectivity index (χ2v) is 4.39. The fourth-order valence-electron chi connectivity index (χ4n) is 1.66. The molecule has 1 atom stereocenters. The van der Waals surface area contributed by atoms with E-state index in [-0.39, 0.29) is 12.3 Å². The first-order chi connectivity index (χ1) is 10.7. The van der Waals surface area contributed by atoms with Gasteiger partial charge in [0, 0.05) is 12.4 Å². The Morgan fingerprint density at radius 1 is 1.23 bits per heavy atom. The highest BCUT2D eigenvalue weighted by atomic mass is 16.5. The maximum absolute atomic E-state index is 11.9. The van der Waals surface area contributed by atoms with Crippen LogP contribution in [0.2, 0.25) is 0 Å². The summed E-state index contributed by atoms with van der Waals surface area (Å²) in [6, 6.07) is 7.95. The van der Waals surface area contributed by atoms with Crippen LogP contribution in [0, 0.1) is 0 Å². The standard InChI is InChI=1S/C15H15N3O4/c19-9-13(18-14(20)12-8-16-6-7-17-12)15(21)22-10-11-4-2-1-3-5-11/h1-8,13,19H,9-10H2,(H,18,20)/t13-/m0/s1. The summed E-state index contributed by atoms with van der Waals surface area (Å²) in [7, 11) is 0. The molecule has 1 aromatic carbocycles. The molecule has 0 spiro atoms. The number of carbonyl (C=O) groups excluding carboxylic acids is 2. The number of amides is 1. The Bertz CT molecular complexity index is 619. The summed E-state index contributed by atoms with van der Waals surface area (Å²) in [4.78, 5) is 31.3. The number of esters is 1. The van der Waals surface area contributed by atoms with Crippen molar-refractivity contribution in [2.45, 2.75) is 12.6 Å². The summed E-state index contributed by atoms with van der Waals surface area (Å²) >= 11 is 0. The van der Waals surface area contributed by atoms with Gasteiger partial charge in [0.15, 0.2) is 6.04 Å². The number of hydrogen-bond donors (Lipinski definition) is 2. The molecule has 0 fully saturated rings. The molecule has 2 rings (SSSR count). The van der Waals surface area contributed by atoms with Gasteiger partial charge in [0.25, 0.3) is 5.91 Å². The normalized spacial score (nSPS) is 11.5. The summed E-state index contributed by atoms with van der Waals surface area (Å²) in [5, 5.41) is 11.6. The lowest BCUT2D eigenvalue weighted by molar-refractivity contribution is -0.148. The Morgan fingerprint density at radius 2 is 2.00 bits per heavy atom. The third-order valence-electron chi connectivity index (χ3n) is 2.79. The lowest BCUT2D eigenvalue weighted by Crippen LogP contribution is -2.44. The van der Waals surface area contributed by atoms with E-state index in [9.17, 15) is 14.7 Å². The van der Waals surface area contributed by atoms with Gasteiger partial charge in [-0.2, -0.15) is 0 Å². The molecule has 2 N–H and O–H groups in total. The second-order valence-electron chi connectivity index (χ2n) is 4.39. The van der Waals surface area contributed by atoms with Crippen molar-refractivity contribution in [1.82, 2.24) is 15.3 Å². The lowest BCUT2D eigenvalue weighted by atomic mass is 10.2. The Labute approximate surface area is 127 Å². The van der Waals surface area contributed by atoms with Crippen LogP contribution in [0.3, 0.4) is 0 Å². The molecule has 0 unspecified atom stereocenters. The van der Waals surface area contributed by atoms with Crippen LogP contribution in [0.1, 0.15) is 16.1 Å². The molecule has 2 aromatic rings. The zero-order chi connectivity index (χ0) is 15.8. The summed E-state index contributed by atoms with van der Waals surface area (Å²) in [5.74, 6) is -1.33. The molecule has 0 bridgehead atoms. The lowest BCUT2D eigenvalue weighted by Gasteiger charge is -2.15. The number of aliphatic hydroxyl groups excluding tert-OH is 1. The summed E-state index contributed by atoms with van der Waals surface area (Å²) in [6.07, 6.45) is 4.05. The predicted molar refractivity (Wildman–Crippen MR) is 76.6 cm³/mol. The van der Waals surface area contributed by atoms with E-state index in [4.69, 9.17) is 4.74 Å². The fourth-order valence-corrected chi connectivity index (χ4v) is 1.66. The molecular weight excluding hydrogens is 286 g/mol. The number of aliphatic hydroxyl groups is 1. The molecular formula is C15H15N3O4. The number of carbonyl (C=O) groups is 2. The third kappa shape index (κ3) is 4.35. The zero-order valence-electron chi connectivity index (χ0n) is 11.7. The third-order valence-corrected chi connectivity index (χ3v) is 2.79. The number of nitrogens with one attached hydrogen (secondary N) is 1. The van der Waals surface area contributed by atoms with Gasteiger partial charge in [-0.15, -0.1) is 0 Å². The maximum Gasteiger partial charge on any atom is 0.331 e. The number of hydrogen-bond acceptors (Lipinski definition) is 6. The number of nitrogens with zero attached hydrogens (tertiary/aromatic N) is 2. The van der Waals surface area contributed by atoms with Gasteiger partial charge < -0.3 is 15.2 Å². The van der Waals surface area contributed by atoms with E-state index in [1.807, 2.05) is 18.2 Å². The van der Waals surface area contributed by atoms with Gasteiger partial charge in [0.2, 0.25) is 0 Å². The van der Waals surface area contributed by atoms with Gasteiger partial charge in [-0.3, -0.25) is 9.78 Å². The molecule has 0 saturated heterocycles. The van der Waals surface area contributed by atoms with Crippen LogP contribution in [-0.4, -0.2) is 39.6 Å². The Kier molecular flexibility index (Phi) is 5.56. The smallest absolute Gasteiger partial charge is 0.331 e. The average Bonchev–Trinajstić information content (AvgIpc) is 2.59. The highest BCUT2D eigenvalue weighted by Gasteiger charge is 2.22. The highest BCUT2D eigenvalue weighted by molar-refractivity contribution is 5.94. The van der Waals surface area contributed by atoms with E-state index < -0.39 is 24.5 Å². The molecule has 1 amide bonds. The van der Waals surface area contributed by atoms with E-state index in [1.54, 1.807) is 12.1 Å². The summed E-state index contributed by atoms with van der Waals surface area (Å²) in [6.45, 7) is -0.503. The van der Waals surface area contributed by atoms with Crippen molar-refractivity contribution in [2.75, 3.05) is 6.61 Å². The fraction of sp³-hybridized carbons (Fsp3) is 0.200. The molecule has 0 aliphatic heterocycles. The van der Waals surface area contributed by atoms with Gasteiger partial charge in [0.05, 0.1) is 12.8 Å². The Balaban J connectivity index is 1.90. The molecule has 7 heteroatoms. The van der Waals surface area contributed by atoms with Crippen molar-refractivity contribution in [3.05, 3.63) is 60.2 Å². The quantitative estimate of drug-likeness (QED) is 0.745. The van der Waals surface area contributed by atoms with Crippen molar-refractivity contribution in [3.8, 4) is 0 Å². The SMILES string of the molecule is O=C(N[C@@H](CO)C(=O)OCc1ccccc1)c1cnccn1. The topological polar surface area (TPSA) is 101 Å². The monoisotopic (exact) mass is 301 g/mol. The van der Waals surface area contributed by atoms with Crippen molar-refractivity contribution in [1.29, 1.82) is 0 Å². The minimum atomic E-state index is -1.15. The van der Waals surface area contributed by atoms with E-state index >= 15 is 0 Å². The zero-order valence-corrected chi connectivity index (χ0v) is 11.7. The van der Waals surface area contributed by atoms with Crippen molar-refractivity contribution in [2.24, 2.45) is 0 Å². The van der Waals surface area contributed by atoms with Gasteiger partial charge in [-0.25, -0.2) is 9.78 Å². The molecule has 22 heavy (non-hydrogen) atoms. The number of aromatic nitrogens is 2. The number of rotatable bonds is 6. The molecule has 0 aliphatic carbocycles. The largest absolute Gasteiger partial charge is 0.459 e. The van der Waals surface area contributed by atoms with Crippen LogP contribution in [-0.2, 0) is 16.1 Å². The van der Waals surface area contributed by atoms with Gasteiger partial charge in [-0.05, 0) is 5.56 Å². The molecule has 7 nitrogen and oxygen atoms in total. The van der Waals surface area contributed by atoms with Crippen LogP contribution >= 0.6 is 0 Å². The predicted octanol–water partition coefficient (Wildman–Crippen LogP) is 0.311. The molecule has 114 valence electrons. The van der Waals surface area contributed by atoms with E-state index in [2.05, 4.69) is 15.3 Å². The average molecular weight is 301 g/mol. The second kappa shape index (κ2) is 7.84. The van der Waals surface area contributed by atoms with Crippen molar-refractivity contribution < 1.29 is 19.4 Å². The van der Waals surface area contributed by atoms with Gasteiger partial charge >= 0.3 is 5.97 Å². The van der Waals surface area contributed by atoms with E-state index in [0.717, 1.165) is 5.56 Å². The summed E-state index contributed by atoms with van der Waals surface area (Å²) < 4.78 is 5.07. The first-order valence-electron chi connectivity index (χ1n) is 6.59. The molecule has 0 radical (unpaired) electrons. The first-order valence-corrected chi connectivity index (χ1v) is 6.59. The van der Waals surface area contributed by atoms with Crippen LogP contribution in [0.15, 0.2) is 48.9 Å². The molecule has 1 heterocycles. The molecule has 1 aromatic heterocycles. The number of ether oxygens (including phenoxy) is 1. The van der Waals surface area contributed by atoms with Crippen molar-refractivity contribution >= 4 is 11.9 Å². The van der Waals surface area contributed by atoms with Gasteiger partial charge in [-0.1, -0.05) is 30.3 Å². The van der Waals surface area contributed by atoms with Gasteiger partial charge in [0.1, 0.15) is 12.3 Å². The van der Waals surface area contributed by atoms with E-state index in [0.29, 0.717) is 0 Å². The number of benzene rings is 1. The van der Waals surface area contributed by atoms with Crippen LogP contribution in [0.5, 0.6) is 0 Å². The van der Waals surface area contributed by atoms with Crippen LogP contribution < -0.4 is 5.32 Å². The van der Waals surface area contributed by atoms with Crippen LogP contribution in [0.4, 0.5) is 0 Å². The minimum absolute atomic E-state index is 0.0526. The van der Waals surface area contributed by atoms with Crippen molar-refractivity contribution in [3.63, 3.8) is 0 Å². The molecule has 0 saturated carbocycles. The maximum atomic E-state index is 11.9. The Hall–Kier alpha value is -2.80. The Morgan fingerprint density at radius 3 is 2.64 bits per heavy atom. The first kappa shape index (κ1) is 15.6. The van der Waals surface area contributed by atoms with Crippen LogP contribution in [0.25, 0.3) is 0 Å². The summed E-state index contributed by atoms with van der Waals surface area (Å²) in [5.41, 5.74) is 0.865. The minimum Gasteiger partial charge on any atom is -0.459 e. The van der Waals surface area contributed by atoms with E-state index in [1.165, 1.54) is 18.6 Å². The highest BCUT2D eigenvalue weighted by Crippen LogP contribution is 2.02.